The Hall–Kier alpha value is -2.15. The number of nitro groups is 1. The largest absolute Gasteiger partial charge is 0.363 e. The first-order chi connectivity index (χ1) is 9.90. The summed E-state index contributed by atoms with van der Waals surface area (Å²) in [6, 6.07) is 4.97. The summed E-state index contributed by atoms with van der Waals surface area (Å²) in [6.07, 6.45) is 0. The molecular weight excluding hydrogens is 272 g/mol. The molecule has 21 heavy (non-hydrogen) atoms. The van der Waals surface area contributed by atoms with Crippen LogP contribution in [0.4, 0.5) is 11.4 Å². The zero-order valence-corrected chi connectivity index (χ0v) is 12.5. The molecule has 1 amide bonds. The molecule has 1 fully saturated rings. The van der Waals surface area contributed by atoms with Gasteiger partial charge >= 0.3 is 0 Å². The molecule has 1 aliphatic rings. The predicted molar refractivity (Wildman–Crippen MR) is 80.8 cm³/mol. The summed E-state index contributed by atoms with van der Waals surface area (Å²) in [5.41, 5.74) is 0.888. The SMILES string of the molecule is CC1CN(c2ccc(C(=O)N(C)C)cc2[N+](=O)[O-])CCN1. The topological polar surface area (TPSA) is 78.7 Å². The molecule has 0 spiro atoms. The monoisotopic (exact) mass is 292 g/mol. The van der Waals surface area contributed by atoms with Crippen molar-refractivity contribution in [3.63, 3.8) is 0 Å². The molecule has 7 nitrogen and oxygen atoms in total. The van der Waals surface area contributed by atoms with Gasteiger partial charge in [-0.25, -0.2) is 0 Å². The molecule has 7 heteroatoms. The number of nitrogens with zero attached hydrogens (tertiary/aromatic N) is 3. The Morgan fingerprint density at radius 3 is 2.76 bits per heavy atom. The van der Waals surface area contributed by atoms with Crippen LogP contribution in [-0.2, 0) is 0 Å². The minimum atomic E-state index is -0.422. The Labute approximate surface area is 123 Å². The van der Waals surface area contributed by atoms with E-state index in [1.807, 2.05) is 11.8 Å². The van der Waals surface area contributed by atoms with Crippen molar-refractivity contribution in [3.05, 3.63) is 33.9 Å². The van der Waals surface area contributed by atoms with Crippen molar-refractivity contribution in [2.24, 2.45) is 0 Å². The number of amides is 1. The third-order valence-corrected chi connectivity index (χ3v) is 3.53. The number of nitrogens with one attached hydrogen (secondary N) is 1. The van der Waals surface area contributed by atoms with Gasteiger partial charge in [0.05, 0.1) is 4.92 Å². The van der Waals surface area contributed by atoms with E-state index in [1.165, 1.54) is 11.0 Å². The number of hydrogen-bond donors (Lipinski definition) is 1. The summed E-state index contributed by atoms with van der Waals surface area (Å²) in [5, 5.41) is 14.6. The number of hydrogen-bond acceptors (Lipinski definition) is 5. The highest BCUT2D eigenvalue weighted by Gasteiger charge is 2.25. The molecule has 1 heterocycles. The molecule has 1 aromatic carbocycles. The summed E-state index contributed by atoms with van der Waals surface area (Å²) < 4.78 is 0. The van der Waals surface area contributed by atoms with Crippen LogP contribution in [0.5, 0.6) is 0 Å². The predicted octanol–water partition coefficient (Wildman–Crippen LogP) is 1.09. The Kier molecular flexibility index (Phi) is 4.42. The van der Waals surface area contributed by atoms with Crippen LogP contribution in [0.15, 0.2) is 18.2 Å². The molecule has 1 N–H and O–H groups in total. The van der Waals surface area contributed by atoms with Crippen LogP contribution >= 0.6 is 0 Å². The highest BCUT2D eigenvalue weighted by Crippen LogP contribution is 2.30. The first-order valence-corrected chi connectivity index (χ1v) is 6.88. The third kappa shape index (κ3) is 3.30. The van der Waals surface area contributed by atoms with E-state index in [0.29, 0.717) is 24.3 Å². The number of nitro benzene ring substituents is 1. The van der Waals surface area contributed by atoms with E-state index < -0.39 is 4.92 Å². The Morgan fingerprint density at radius 2 is 2.19 bits per heavy atom. The molecule has 2 rings (SSSR count). The maximum absolute atomic E-state index is 11.9. The summed E-state index contributed by atoms with van der Waals surface area (Å²) in [4.78, 5) is 26.2. The summed E-state index contributed by atoms with van der Waals surface area (Å²) >= 11 is 0. The third-order valence-electron chi connectivity index (χ3n) is 3.53. The number of carbonyl (C=O) groups excluding carboxylic acids is 1. The molecular formula is C14H20N4O3. The fourth-order valence-corrected chi connectivity index (χ4v) is 2.48. The maximum Gasteiger partial charge on any atom is 0.293 e. The van der Waals surface area contributed by atoms with Crippen molar-refractivity contribution in [3.8, 4) is 0 Å². The van der Waals surface area contributed by atoms with Crippen LogP contribution in [0.1, 0.15) is 17.3 Å². The standard InChI is InChI=1S/C14H20N4O3/c1-10-9-17(7-6-15-10)12-5-4-11(14(19)16(2)3)8-13(12)18(20)21/h4-5,8,10,15H,6-7,9H2,1-3H3. The Balaban J connectivity index is 2.38. The number of benzene rings is 1. The average molecular weight is 292 g/mol. The fraction of sp³-hybridized carbons (Fsp3) is 0.500. The van der Waals surface area contributed by atoms with Crippen LogP contribution in [0, 0.1) is 10.1 Å². The van der Waals surface area contributed by atoms with Gasteiger partial charge in [-0.05, 0) is 19.1 Å². The van der Waals surface area contributed by atoms with E-state index in [2.05, 4.69) is 5.32 Å². The van der Waals surface area contributed by atoms with Gasteiger partial charge in [-0.2, -0.15) is 0 Å². The molecule has 0 aliphatic carbocycles. The molecule has 0 bridgehead atoms. The lowest BCUT2D eigenvalue weighted by molar-refractivity contribution is -0.384. The molecule has 0 radical (unpaired) electrons. The van der Waals surface area contributed by atoms with Gasteiger partial charge in [0.1, 0.15) is 5.69 Å². The van der Waals surface area contributed by atoms with Crippen molar-refractivity contribution in [2.75, 3.05) is 38.6 Å². The zero-order chi connectivity index (χ0) is 15.6. The second-order valence-corrected chi connectivity index (χ2v) is 5.46. The van der Waals surface area contributed by atoms with Gasteiger partial charge in [-0.1, -0.05) is 0 Å². The summed E-state index contributed by atoms with van der Waals surface area (Å²) in [5.74, 6) is -0.238. The highest BCUT2D eigenvalue weighted by molar-refractivity contribution is 5.95. The molecule has 0 aromatic heterocycles. The zero-order valence-electron chi connectivity index (χ0n) is 12.5. The minimum absolute atomic E-state index is 0.0169. The van der Waals surface area contributed by atoms with Crippen molar-refractivity contribution in [1.29, 1.82) is 0 Å². The molecule has 1 unspecified atom stereocenters. The lowest BCUT2D eigenvalue weighted by Crippen LogP contribution is -2.49. The van der Waals surface area contributed by atoms with Crippen molar-refractivity contribution >= 4 is 17.3 Å². The lowest BCUT2D eigenvalue weighted by atomic mass is 10.1. The van der Waals surface area contributed by atoms with E-state index in [4.69, 9.17) is 0 Å². The smallest absolute Gasteiger partial charge is 0.293 e. The van der Waals surface area contributed by atoms with Gasteiger partial charge in [0, 0.05) is 51.4 Å². The molecule has 1 atom stereocenters. The average Bonchev–Trinajstić information content (AvgIpc) is 2.45. The lowest BCUT2D eigenvalue weighted by Gasteiger charge is -2.33. The van der Waals surface area contributed by atoms with Gasteiger partial charge in [-0.15, -0.1) is 0 Å². The van der Waals surface area contributed by atoms with Crippen molar-refractivity contribution in [1.82, 2.24) is 10.2 Å². The van der Waals surface area contributed by atoms with Gasteiger partial charge in [0.2, 0.25) is 0 Å². The number of anilines is 1. The van der Waals surface area contributed by atoms with Gasteiger partial charge in [-0.3, -0.25) is 14.9 Å². The number of carbonyl (C=O) groups is 1. The molecule has 1 aliphatic heterocycles. The van der Waals surface area contributed by atoms with Crippen LogP contribution in [-0.4, -0.2) is 55.5 Å². The summed E-state index contributed by atoms with van der Waals surface area (Å²) in [6.45, 7) is 4.26. The Morgan fingerprint density at radius 1 is 1.48 bits per heavy atom. The molecule has 114 valence electrons. The summed E-state index contributed by atoms with van der Waals surface area (Å²) in [7, 11) is 3.25. The first-order valence-electron chi connectivity index (χ1n) is 6.88. The van der Waals surface area contributed by atoms with E-state index >= 15 is 0 Å². The highest BCUT2D eigenvalue weighted by atomic mass is 16.6. The fourth-order valence-electron chi connectivity index (χ4n) is 2.48. The van der Waals surface area contributed by atoms with Crippen molar-refractivity contribution < 1.29 is 9.72 Å². The van der Waals surface area contributed by atoms with Gasteiger partial charge in [0.15, 0.2) is 0 Å². The van der Waals surface area contributed by atoms with E-state index in [1.54, 1.807) is 26.2 Å². The Bertz CT molecular complexity index is 559. The molecule has 1 aromatic rings. The van der Waals surface area contributed by atoms with Crippen LogP contribution in [0.3, 0.4) is 0 Å². The molecule has 1 saturated heterocycles. The van der Waals surface area contributed by atoms with Gasteiger partial charge < -0.3 is 15.1 Å². The second-order valence-electron chi connectivity index (χ2n) is 5.46. The number of piperazine rings is 1. The first kappa shape index (κ1) is 15.2. The van der Waals surface area contributed by atoms with Gasteiger partial charge in [0.25, 0.3) is 11.6 Å². The minimum Gasteiger partial charge on any atom is -0.363 e. The van der Waals surface area contributed by atoms with E-state index in [9.17, 15) is 14.9 Å². The second kappa shape index (κ2) is 6.09. The van der Waals surface area contributed by atoms with E-state index in [-0.39, 0.29) is 17.6 Å². The maximum atomic E-state index is 11.9. The van der Waals surface area contributed by atoms with Crippen molar-refractivity contribution in [2.45, 2.75) is 13.0 Å². The van der Waals surface area contributed by atoms with Crippen LogP contribution in [0.25, 0.3) is 0 Å². The van der Waals surface area contributed by atoms with Crippen LogP contribution in [0.2, 0.25) is 0 Å². The normalized spacial score (nSPS) is 18.4. The quantitative estimate of drug-likeness (QED) is 0.666. The molecule has 0 saturated carbocycles. The van der Waals surface area contributed by atoms with E-state index in [0.717, 1.165) is 6.54 Å². The number of rotatable bonds is 3. The van der Waals surface area contributed by atoms with Crippen LogP contribution < -0.4 is 10.2 Å².